The molecule has 2 atom stereocenters. The Labute approximate surface area is 107 Å². The van der Waals surface area contributed by atoms with Gasteiger partial charge in [0.25, 0.3) is 0 Å². The molecule has 0 radical (unpaired) electrons. The Morgan fingerprint density at radius 1 is 1.47 bits per heavy atom. The summed E-state index contributed by atoms with van der Waals surface area (Å²) in [6.07, 6.45) is 5.89. The first-order chi connectivity index (χ1) is 8.15. The van der Waals surface area contributed by atoms with Crippen molar-refractivity contribution < 1.29 is 4.74 Å². The number of nitrogens with two attached hydrogens (primary N) is 1. The zero-order chi connectivity index (χ0) is 12.3. The van der Waals surface area contributed by atoms with E-state index in [-0.39, 0.29) is 6.04 Å². The molecule has 0 bridgehead atoms. The number of aromatic nitrogens is 1. The molecule has 1 aliphatic rings. The second kappa shape index (κ2) is 5.94. The molecule has 4 heteroatoms. The van der Waals surface area contributed by atoms with Gasteiger partial charge in [0.1, 0.15) is 0 Å². The zero-order valence-corrected chi connectivity index (χ0v) is 11.6. The van der Waals surface area contributed by atoms with Crippen molar-refractivity contribution in [1.29, 1.82) is 0 Å². The van der Waals surface area contributed by atoms with Crippen molar-refractivity contribution in [3.63, 3.8) is 0 Å². The standard InChI is InChI=1S/C13H22N2OS/c1-9-10(2)17-13(15-9)8-11(14)7-12-5-3-4-6-16-12/h11-12H,3-8,14H2,1-2H3. The Hall–Kier alpha value is -0.450. The lowest BCUT2D eigenvalue weighted by Gasteiger charge is -2.24. The third-order valence-corrected chi connectivity index (χ3v) is 4.44. The number of nitrogens with zero attached hydrogens (tertiary/aromatic N) is 1. The van der Waals surface area contributed by atoms with E-state index in [4.69, 9.17) is 10.5 Å². The van der Waals surface area contributed by atoms with Crippen LogP contribution in [0.5, 0.6) is 0 Å². The van der Waals surface area contributed by atoms with Crippen LogP contribution in [0.4, 0.5) is 0 Å². The molecular formula is C13H22N2OS. The highest BCUT2D eigenvalue weighted by Crippen LogP contribution is 2.21. The van der Waals surface area contributed by atoms with E-state index in [1.54, 1.807) is 11.3 Å². The molecular weight excluding hydrogens is 232 g/mol. The van der Waals surface area contributed by atoms with Gasteiger partial charge in [0, 0.05) is 23.9 Å². The number of hydrogen-bond acceptors (Lipinski definition) is 4. The van der Waals surface area contributed by atoms with Crippen LogP contribution in [0.25, 0.3) is 0 Å². The van der Waals surface area contributed by atoms with E-state index in [0.29, 0.717) is 6.10 Å². The van der Waals surface area contributed by atoms with Gasteiger partial charge < -0.3 is 10.5 Å². The summed E-state index contributed by atoms with van der Waals surface area (Å²) < 4.78 is 5.72. The SMILES string of the molecule is Cc1nc(CC(N)CC2CCCCO2)sc1C. The predicted octanol–water partition coefficient (Wildman–Crippen LogP) is 2.59. The van der Waals surface area contributed by atoms with Gasteiger partial charge in [-0.25, -0.2) is 4.98 Å². The molecule has 0 amide bonds. The van der Waals surface area contributed by atoms with E-state index < -0.39 is 0 Å². The third-order valence-electron chi connectivity index (χ3n) is 3.35. The molecule has 0 aromatic carbocycles. The van der Waals surface area contributed by atoms with Crippen LogP contribution in [0.3, 0.4) is 0 Å². The smallest absolute Gasteiger partial charge is 0.0946 e. The molecule has 0 spiro atoms. The monoisotopic (exact) mass is 254 g/mol. The van der Waals surface area contributed by atoms with Gasteiger partial charge >= 0.3 is 0 Å². The summed E-state index contributed by atoms with van der Waals surface area (Å²) in [5.74, 6) is 0. The summed E-state index contributed by atoms with van der Waals surface area (Å²) >= 11 is 1.77. The van der Waals surface area contributed by atoms with Crippen LogP contribution in [-0.2, 0) is 11.2 Å². The maximum absolute atomic E-state index is 6.18. The second-order valence-electron chi connectivity index (χ2n) is 4.94. The largest absolute Gasteiger partial charge is 0.378 e. The van der Waals surface area contributed by atoms with Crippen LogP contribution in [0, 0.1) is 13.8 Å². The van der Waals surface area contributed by atoms with Crippen molar-refractivity contribution in [2.24, 2.45) is 5.73 Å². The van der Waals surface area contributed by atoms with Crippen molar-refractivity contribution in [1.82, 2.24) is 4.98 Å². The van der Waals surface area contributed by atoms with Gasteiger partial charge in [-0.3, -0.25) is 0 Å². The van der Waals surface area contributed by atoms with E-state index in [9.17, 15) is 0 Å². The Morgan fingerprint density at radius 3 is 2.88 bits per heavy atom. The molecule has 2 heterocycles. The molecule has 1 saturated heterocycles. The van der Waals surface area contributed by atoms with E-state index in [1.807, 2.05) is 0 Å². The van der Waals surface area contributed by atoms with Crippen LogP contribution in [0.15, 0.2) is 0 Å². The van der Waals surface area contributed by atoms with Crippen molar-refractivity contribution in [2.75, 3.05) is 6.61 Å². The highest BCUT2D eigenvalue weighted by molar-refractivity contribution is 7.11. The predicted molar refractivity (Wildman–Crippen MR) is 71.5 cm³/mol. The fraction of sp³-hybridized carbons (Fsp3) is 0.769. The Balaban J connectivity index is 1.81. The van der Waals surface area contributed by atoms with Crippen molar-refractivity contribution in [3.05, 3.63) is 15.6 Å². The maximum atomic E-state index is 6.18. The zero-order valence-electron chi connectivity index (χ0n) is 10.7. The van der Waals surface area contributed by atoms with Crippen LogP contribution in [-0.4, -0.2) is 23.7 Å². The maximum Gasteiger partial charge on any atom is 0.0946 e. The van der Waals surface area contributed by atoms with Gasteiger partial charge in [0.2, 0.25) is 0 Å². The summed E-state index contributed by atoms with van der Waals surface area (Å²) in [7, 11) is 0. The molecule has 0 saturated carbocycles. The molecule has 0 aliphatic carbocycles. The van der Waals surface area contributed by atoms with Gasteiger partial charge in [-0.2, -0.15) is 0 Å². The summed E-state index contributed by atoms with van der Waals surface area (Å²) in [6, 6.07) is 0.183. The summed E-state index contributed by atoms with van der Waals surface area (Å²) in [5, 5.41) is 1.17. The minimum absolute atomic E-state index is 0.183. The van der Waals surface area contributed by atoms with Crippen molar-refractivity contribution >= 4 is 11.3 Å². The first-order valence-corrected chi connectivity index (χ1v) is 7.27. The van der Waals surface area contributed by atoms with Gasteiger partial charge in [0.15, 0.2) is 0 Å². The third kappa shape index (κ3) is 3.76. The Bertz CT molecular complexity index is 339. The highest BCUT2D eigenvalue weighted by atomic mass is 32.1. The van der Waals surface area contributed by atoms with Gasteiger partial charge in [-0.1, -0.05) is 0 Å². The summed E-state index contributed by atoms with van der Waals surface area (Å²) in [4.78, 5) is 5.85. The molecule has 1 fully saturated rings. The van der Waals surface area contributed by atoms with Crippen molar-refractivity contribution in [3.8, 4) is 0 Å². The lowest BCUT2D eigenvalue weighted by atomic mass is 10.0. The molecule has 2 rings (SSSR count). The van der Waals surface area contributed by atoms with Gasteiger partial charge in [0.05, 0.1) is 16.8 Å². The first kappa shape index (κ1) is 13.0. The van der Waals surface area contributed by atoms with Gasteiger partial charge in [-0.05, 0) is 39.5 Å². The lowest BCUT2D eigenvalue weighted by molar-refractivity contribution is 0.00747. The van der Waals surface area contributed by atoms with Crippen LogP contribution >= 0.6 is 11.3 Å². The molecule has 2 N–H and O–H groups in total. The normalized spacial score (nSPS) is 22.6. The molecule has 1 aliphatic heterocycles. The number of thiazole rings is 1. The molecule has 3 nitrogen and oxygen atoms in total. The summed E-state index contributed by atoms with van der Waals surface area (Å²) in [5.41, 5.74) is 7.33. The van der Waals surface area contributed by atoms with E-state index in [0.717, 1.165) is 25.1 Å². The number of hydrogen-bond donors (Lipinski definition) is 1. The molecule has 2 unspecified atom stereocenters. The molecule has 1 aromatic rings. The molecule has 96 valence electrons. The minimum Gasteiger partial charge on any atom is -0.378 e. The number of aryl methyl sites for hydroxylation is 2. The van der Waals surface area contributed by atoms with Crippen LogP contribution < -0.4 is 5.73 Å². The van der Waals surface area contributed by atoms with E-state index >= 15 is 0 Å². The topological polar surface area (TPSA) is 48.1 Å². The molecule has 1 aromatic heterocycles. The van der Waals surface area contributed by atoms with Crippen LogP contribution in [0.1, 0.15) is 41.3 Å². The van der Waals surface area contributed by atoms with Crippen LogP contribution in [0.2, 0.25) is 0 Å². The number of rotatable bonds is 4. The average molecular weight is 254 g/mol. The quantitative estimate of drug-likeness (QED) is 0.898. The Morgan fingerprint density at radius 2 is 2.29 bits per heavy atom. The highest BCUT2D eigenvalue weighted by Gasteiger charge is 2.18. The van der Waals surface area contributed by atoms with E-state index in [2.05, 4.69) is 18.8 Å². The fourth-order valence-electron chi connectivity index (χ4n) is 2.27. The van der Waals surface area contributed by atoms with E-state index in [1.165, 1.54) is 29.1 Å². The average Bonchev–Trinajstić information content (AvgIpc) is 2.59. The van der Waals surface area contributed by atoms with Gasteiger partial charge in [-0.15, -0.1) is 11.3 Å². The second-order valence-corrected chi connectivity index (χ2v) is 6.23. The minimum atomic E-state index is 0.183. The lowest BCUT2D eigenvalue weighted by Crippen LogP contribution is -2.31. The number of ether oxygens (including phenoxy) is 1. The summed E-state index contributed by atoms with van der Waals surface area (Å²) in [6.45, 7) is 5.09. The fourth-order valence-corrected chi connectivity index (χ4v) is 3.29. The van der Waals surface area contributed by atoms with Crippen molar-refractivity contribution in [2.45, 2.75) is 58.1 Å². The Kier molecular flexibility index (Phi) is 4.54. The first-order valence-electron chi connectivity index (χ1n) is 6.45. The molecule has 17 heavy (non-hydrogen) atoms.